The summed E-state index contributed by atoms with van der Waals surface area (Å²) in [4.78, 5) is 22.8. The molecule has 0 heterocycles. The fraction of sp³-hybridized carbons (Fsp3) is 0.333. The Bertz CT molecular complexity index is 399. The van der Waals surface area contributed by atoms with Crippen LogP contribution in [0.3, 0.4) is 0 Å². The average molecular weight is 235 g/mol. The van der Waals surface area contributed by atoms with Crippen LogP contribution in [0.1, 0.15) is 24.2 Å². The number of carbonyl (C=O) groups excluding carboxylic acids is 2. The van der Waals surface area contributed by atoms with E-state index in [0.717, 1.165) is 0 Å². The van der Waals surface area contributed by atoms with Crippen LogP contribution in [-0.4, -0.2) is 24.4 Å². The van der Waals surface area contributed by atoms with Gasteiger partial charge in [-0.05, 0) is 38.1 Å². The van der Waals surface area contributed by atoms with Crippen molar-refractivity contribution in [1.82, 2.24) is 5.32 Å². The summed E-state index contributed by atoms with van der Waals surface area (Å²) in [5, 5.41) is 5.34. The van der Waals surface area contributed by atoms with Gasteiger partial charge in [-0.2, -0.15) is 0 Å². The highest BCUT2D eigenvalue weighted by Crippen LogP contribution is 2.09. The molecule has 0 spiro atoms. The average Bonchev–Trinajstić information content (AvgIpc) is 2.30. The predicted molar refractivity (Wildman–Crippen MR) is 66.7 cm³/mol. The molecule has 0 aliphatic carbocycles. The second-order valence-corrected chi connectivity index (χ2v) is 3.71. The van der Waals surface area contributed by atoms with Crippen molar-refractivity contribution in [3.63, 3.8) is 0 Å². The van der Waals surface area contributed by atoms with Crippen molar-refractivity contribution < 1.29 is 9.59 Å². The molecule has 0 aliphatic rings. The van der Waals surface area contributed by atoms with Gasteiger partial charge >= 0.3 is 0 Å². The van der Waals surface area contributed by atoms with Crippen LogP contribution < -0.4 is 16.4 Å². The van der Waals surface area contributed by atoms with E-state index in [4.69, 9.17) is 5.73 Å². The molecule has 92 valence electrons. The zero-order valence-electron chi connectivity index (χ0n) is 9.99. The minimum Gasteiger partial charge on any atom is -0.352 e. The van der Waals surface area contributed by atoms with Crippen molar-refractivity contribution in [1.29, 1.82) is 0 Å². The van der Waals surface area contributed by atoms with Gasteiger partial charge in [0.15, 0.2) is 0 Å². The molecule has 1 rings (SSSR count). The van der Waals surface area contributed by atoms with E-state index >= 15 is 0 Å². The molecule has 17 heavy (non-hydrogen) atoms. The molecule has 1 aromatic carbocycles. The first-order valence-electron chi connectivity index (χ1n) is 5.49. The fourth-order valence-electron chi connectivity index (χ4n) is 1.22. The van der Waals surface area contributed by atoms with Gasteiger partial charge in [0.05, 0.1) is 6.04 Å². The number of hydrogen-bond acceptors (Lipinski definition) is 3. The van der Waals surface area contributed by atoms with Gasteiger partial charge in [-0.3, -0.25) is 9.59 Å². The van der Waals surface area contributed by atoms with Crippen molar-refractivity contribution in [2.24, 2.45) is 5.73 Å². The lowest BCUT2D eigenvalue weighted by Crippen LogP contribution is -2.32. The number of hydrogen-bond donors (Lipinski definition) is 3. The summed E-state index contributed by atoms with van der Waals surface area (Å²) in [5.41, 5.74) is 6.61. The Morgan fingerprint density at radius 1 is 1.29 bits per heavy atom. The molecule has 0 saturated carbocycles. The van der Waals surface area contributed by atoms with E-state index in [1.165, 1.54) is 0 Å². The van der Waals surface area contributed by atoms with Crippen LogP contribution in [0.15, 0.2) is 24.3 Å². The minimum absolute atomic E-state index is 0.127. The number of nitrogens with one attached hydrogen (secondary N) is 2. The SMILES string of the molecule is CCNC(=O)c1ccc(NC(=O)C(C)N)cc1. The number of benzene rings is 1. The van der Waals surface area contributed by atoms with E-state index in [1.54, 1.807) is 31.2 Å². The molecule has 4 N–H and O–H groups in total. The normalized spacial score (nSPS) is 11.7. The number of anilines is 1. The first kappa shape index (κ1) is 13.2. The second-order valence-electron chi connectivity index (χ2n) is 3.71. The smallest absolute Gasteiger partial charge is 0.251 e. The molecule has 0 aromatic heterocycles. The summed E-state index contributed by atoms with van der Waals surface area (Å²) >= 11 is 0. The zero-order valence-corrected chi connectivity index (χ0v) is 9.99. The first-order valence-corrected chi connectivity index (χ1v) is 5.49. The Morgan fingerprint density at radius 3 is 2.35 bits per heavy atom. The van der Waals surface area contributed by atoms with Gasteiger partial charge in [0.2, 0.25) is 5.91 Å². The fourth-order valence-corrected chi connectivity index (χ4v) is 1.22. The number of amides is 2. The maximum absolute atomic E-state index is 11.5. The third-order valence-electron chi connectivity index (χ3n) is 2.17. The van der Waals surface area contributed by atoms with Crippen molar-refractivity contribution in [3.8, 4) is 0 Å². The summed E-state index contributed by atoms with van der Waals surface area (Å²) in [7, 11) is 0. The van der Waals surface area contributed by atoms with Crippen LogP contribution >= 0.6 is 0 Å². The maximum atomic E-state index is 11.5. The van der Waals surface area contributed by atoms with Crippen molar-refractivity contribution >= 4 is 17.5 Å². The summed E-state index contributed by atoms with van der Waals surface area (Å²) < 4.78 is 0. The topological polar surface area (TPSA) is 84.2 Å². The van der Waals surface area contributed by atoms with Gasteiger partial charge in [0.1, 0.15) is 0 Å². The molecule has 5 nitrogen and oxygen atoms in total. The number of nitrogens with two attached hydrogens (primary N) is 1. The molecule has 0 radical (unpaired) electrons. The molecule has 0 saturated heterocycles. The lowest BCUT2D eigenvalue weighted by atomic mass is 10.2. The van der Waals surface area contributed by atoms with E-state index in [1.807, 2.05) is 6.92 Å². The molecule has 1 unspecified atom stereocenters. The highest BCUT2D eigenvalue weighted by molar-refractivity contribution is 5.96. The minimum atomic E-state index is -0.557. The van der Waals surface area contributed by atoms with Crippen LogP contribution in [0.5, 0.6) is 0 Å². The van der Waals surface area contributed by atoms with Crippen LogP contribution in [-0.2, 0) is 4.79 Å². The van der Waals surface area contributed by atoms with Gasteiger partial charge in [0, 0.05) is 17.8 Å². The van der Waals surface area contributed by atoms with Gasteiger partial charge < -0.3 is 16.4 Å². The lowest BCUT2D eigenvalue weighted by Gasteiger charge is -2.08. The Morgan fingerprint density at radius 2 is 1.88 bits per heavy atom. The largest absolute Gasteiger partial charge is 0.352 e. The molecular weight excluding hydrogens is 218 g/mol. The molecule has 0 aliphatic heterocycles. The number of carbonyl (C=O) groups is 2. The molecule has 2 amide bonds. The second kappa shape index (κ2) is 6.00. The highest BCUT2D eigenvalue weighted by Gasteiger charge is 2.08. The monoisotopic (exact) mass is 235 g/mol. The van der Waals surface area contributed by atoms with Gasteiger partial charge in [-0.25, -0.2) is 0 Å². The summed E-state index contributed by atoms with van der Waals surface area (Å²) in [6.45, 7) is 4.05. The first-order chi connectivity index (χ1) is 8.04. The third kappa shape index (κ3) is 3.88. The molecule has 0 fully saturated rings. The standard InChI is InChI=1S/C12H17N3O2/c1-3-14-12(17)9-4-6-10(7-5-9)15-11(16)8(2)13/h4-8H,3,13H2,1-2H3,(H,14,17)(H,15,16). The summed E-state index contributed by atoms with van der Waals surface area (Å²) in [5.74, 6) is -0.381. The molecular formula is C12H17N3O2. The third-order valence-corrected chi connectivity index (χ3v) is 2.17. The quantitative estimate of drug-likeness (QED) is 0.719. The van der Waals surface area contributed by atoms with Gasteiger partial charge in [-0.15, -0.1) is 0 Å². The highest BCUT2D eigenvalue weighted by atomic mass is 16.2. The molecule has 1 atom stereocenters. The van der Waals surface area contributed by atoms with Crippen LogP contribution in [0.4, 0.5) is 5.69 Å². The Labute approximate surface area is 100 Å². The van der Waals surface area contributed by atoms with Crippen LogP contribution in [0.25, 0.3) is 0 Å². The lowest BCUT2D eigenvalue weighted by molar-refractivity contribution is -0.117. The van der Waals surface area contributed by atoms with Crippen LogP contribution in [0, 0.1) is 0 Å². The Kier molecular flexibility index (Phi) is 4.66. The number of rotatable bonds is 4. The van der Waals surface area contributed by atoms with E-state index in [-0.39, 0.29) is 11.8 Å². The molecule has 1 aromatic rings. The predicted octanol–water partition coefficient (Wildman–Crippen LogP) is 0.722. The maximum Gasteiger partial charge on any atom is 0.251 e. The van der Waals surface area contributed by atoms with E-state index in [2.05, 4.69) is 10.6 Å². The van der Waals surface area contributed by atoms with E-state index in [9.17, 15) is 9.59 Å². The van der Waals surface area contributed by atoms with E-state index in [0.29, 0.717) is 17.8 Å². The molecule has 5 heteroatoms. The van der Waals surface area contributed by atoms with Crippen molar-refractivity contribution in [3.05, 3.63) is 29.8 Å². The van der Waals surface area contributed by atoms with Gasteiger partial charge in [-0.1, -0.05) is 0 Å². The zero-order chi connectivity index (χ0) is 12.8. The molecule has 0 bridgehead atoms. The van der Waals surface area contributed by atoms with Crippen LogP contribution in [0.2, 0.25) is 0 Å². The summed E-state index contributed by atoms with van der Waals surface area (Å²) in [6.07, 6.45) is 0. The Balaban J connectivity index is 2.68. The Hall–Kier alpha value is -1.88. The summed E-state index contributed by atoms with van der Waals surface area (Å²) in [6, 6.07) is 6.09. The van der Waals surface area contributed by atoms with Gasteiger partial charge in [0.25, 0.3) is 5.91 Å². The van der Waals surface area contributed by atoms with Crippen molar-refractivity contribution in [2.45, 2.75) is 19.9 Å². The van der Waals surface area contributed by atoms with E-state index < -0.39 is 6.04 Å². The van der Waals surface area contributed by atoms with Crippen molar-refractivity contribution in [2.75, 3.05) is 11.9 Å².